The van der Waals surface area contributed by atoms with E-state index >= 15 is 0 Å². The van der Waals surface area contributed by atoms with Gasteiger partial charge in [0.1, 0.15) is 5.01 Å². The molecule has 2 aromatic rings. The van der Waals surface area contributed by atoms with Crippen LogP contribution in [0.2, 0.25) is 0 Å². The van der Waals surface area contributed by atoms with Crippen LogP contribution in [0.4, 0.5) is 11.4 Å². The maximum absolute atomic E-state index is 5.75. The predicted octanol–water partition coefficient (Wildman–Crippen LogP) is 3.76. The largest absolute Gasteiger partial charge is 0.399 e. The molecule has 0 saturated heterocycles. The Morgan fingerprint density at radius 3 is 2.42 bits per heavy atom. The molecular formula is C15H21N3S. The highest BCUT2D eigenvalue weighted by Gasteiger charge is 2.10. The van der Waals surface area contributed by atoms with Gasteiger partial charge >= 0.3 is 0 Å². The van der Waals surface area contributed by atoms with E-state index in [0.717, 1.165) is 30.9 Å². The molecule has 2 N–H and O–H groups in total. The van der Waals surface area contributed by atoms with Crippen LogP contribution in [0.3, 0.4) is 0 Å². The van der Waals surface area contributed by atoms with Crippen molar-refractivity contribution >= 4 is 22.7 Å². The Morgan fingerprint density at radius 1 is 1.21 bits per heavy atom. The summed E-state index contributed by atoms with van der Waals surface area (Å²) >= 11 is 1.79. The van der Waals surface area contributed by atoms with Crippen LogP contribution in [0.1, 0.15) is 28.9 Å². The zero-order valence-corrected chi connectivity index (χ0v) is 12.6. The lowest BCUT2D eigenvalue weighted by Crippen LogP contribution is -2.23. The van der Waals surface area contributed by atoms with Crippen LogP contribution in [0.5, 0.6) is 0 Å². The molecule has 0 amide bonds. The van der Waals surface area contributed by atoms with Gasteiger partial charge in [0.2, 0.25) is 0 Å². The number of anilines is 2. The highest BCUT2D eigenvalue weighted by atomic mass is 32.1. The van der Waals surface area contributed by atoms with Crippen molar-refractivity contribution in [2.24, 2.45) is 0 Å². The lowest BCUT2D eigenvalue weighted by atomic mass is 10.2. The van der Waals surface area contributed by atoms with Gasteiger partial charge < -0.3 is 10.6 Å². The van der Waals surface area contributed by atoms with Crippen molar-refractivity contribution in [3.05, 3.63) is 39.8 Å². The first kappa shape index (κ1) is 13.9. The quantitative estimate of drug-likeness (QED) is 0.845. The summed E-state index contributed by atoms with van der Waals surface area (Å²) in [5, 5.41) is 1.18. The zero-order valence-electron chi connectivity index (χ0n) is 11.8. The summed E-state index contributed by atoms with van der Waals surface area (Å²) in [5.74, 6) is 0. The van der Waals surface area contributed by atoms with Crippen molar-refractivity contribution in [2.75, 3.05) is 17.2 Å². The average Bonchev–Trinajstić information content (AvgIpc) is 2.69. The number of hydrogen-bond acceptors (Lipinski definition) is 4. The van der Waals surface area contributed by atoms with E-state index < -0.39 is 0 Å². The Morgan fingerprint density at radius 2 is 1.89 bits per heavy atom. The molecule has 0 fully saturated rings. The van der Waals surface area contributed by atoms with E-state index in [4.69, 9.17) is 5.73 Å². The van der Waals surface area contributed by atoms with E-state index in [1.54, 1.807) is 11.3 Å². The molecule has 0 aliphatic heterocycles. The summed E-state index contributed by atoms with van der Waals surface area (Å²) in [5.41, 5.74) is 8.91. The normalized spacial score (nSPS) is 10.7. The maximum Gasteiger partial charge on any atom is 0.112 e. The smallest absolute Gasteiger partial charge is 0.112 e. The fourth-order valence-electron chi connectivity index (χ4n) is 2.02. The minimum absolute atomic E-state index is 0.807. The van der Waals surface area contributed by atoms with E-state index in [-0.39, 0.29) is 0 Å². The van der Waals surface area contributed by atoms with E-state index in [2.05, 4.69) is 42.8 Å². The Bertz CT molecular complexity index is 511. The second kappa shape index (κ2) is 6.06. The number of nitrogens with zero attached hydrogens (tertiary/aromatic N) is 2. The molecule has 1 aromatic carbocycles. The first-order chi connectivity index (χ1) is 9.10. The van der Waals surface area contributed by atoms with Crippen LogP contribution >= 0.6 is 11.3 Å². The molecule has 2 rings (SSSR count). The minimum Gasteiger partial charge on any atom is -0.399 e. The Hall–Kier alpha value is -1.55. The predicted molar refractivity (Wildman–Crippen MR) is 83.8 cm³/mol. The highest BCUT2D eigenvalue weighted by molar-refractivity contribution is 7.11. The summed E-state index contributed by atoms with van der Waals surface area (Å²) in [4.78, 5) is 8.29. The van der Waals surface area contributed by atoms with E-state index in [0.29, 0.717) is 0 Å². The molecule has 3 nitrogen and oxygen atoms in total. The molecule has 0 bridgehead atoms. The van der Waals surface area contributed by atoms with Gasteiger partial charge in [-0.05, 0) is 44.5 Å². The number of hydrogen-bond donors (Lipinski definition) is 1. The SMILES string of the molecule is CCCN(Cc1nc(C)c(C)s1)c1ccc(N)cc1. The topological polar surface area (TPSA) is 42.2 Å². The molecule has 0 aliphatic carbocycles. The number of nitrogen functional groups attached to an aromatic ring is 1. The third kappa shape index (κ3) is 3.47. The minimum atomic E-state index is 0.807. The first-order valence-electron chi connectivity index (χ1n) is 6.63. The summed E-state index contributed by atoms with van der Waals surface area (Å²) in [6.07, 6.45) is 1.12. The van der Waals surface area contributed by atoms with Gasteiger partial charge in [0.15, 0.2) is 0 Å². The third-order valence-corrected chi connectivity index (χ3v) is 4.21. The van der Waals surface area contributed by atoms with Crippen LogP contribution in [-0.2, 0) is 6.54 Å². The molecule has 1 aromatic heterocycles. The lowest BCUT2D eigenvalue weighted by Gasteiger charge is -2.23. The van der Waals surface area contributed by atoms with Crippen molar-refractivity contribution < 1.29 is 0 Å². The first-order valence-corrected chi connectivity index (χ1v) is 7.45. The Balaban J connectivity index is 2.18. The van der Waals surface area contributed by atoms with Crippen molar-refractivity contribution in [3.8, 4) is 0 Å². The number of aromatic nitrogens is 1. The van der Waals surface area contributed by atoms with E-state index in [1.165, 1.54) is 15.6 Å². The van der Waals surface area contributed by atoms with Crippen LogP contribution in [0.25, 0.3) is 0 Å². The third-order valence-electron chi connectivity index (χ3n) is 3.15. The van der Waals surface area contributed by atoms with Crippen LogP contribution in [0, 0.1) is 13.8 Å². The van der Waals surface area contributed by atoms with Crippen molar-refractivity contribution in [3.63, 3.8) is 0 Å². The molecule has 0 aliphatic rings. The fourth-order valence-corrected chi connectivity index (χ4v) is 2.97. The number of nitrogens with two attached hydrogens (primary N) is 1. The van der Waals surface area contributed by atoms with Crippen molar-refractivity contribution in [1.82, 2.24) is 4.98 Å². The second-order valence-corrected chi connectivity index (χ2v) is 6.05. The molecule has 0 spiro atoms. The number of benzene rings is 1. The average molecular weight is 275 g/mol. The van der Waals surface area contributed by atoms with Gasteiger partial charge in [-0.15, -0.1) is 11.3 Å². The molecule has 4 heteroatoms. The molecular weight excluding hydrogens is 254 g/mol. The molecule has 102 valence electrons. The van der Waals surface area contributed by atoms with Crippen molar-refractivity contribution in [1.29, 1.82) is 0 Å². The van der Waals surface area contributed by atoms with Crippen molar-refractivity contribution in [2.45, 2.75) is 33.7 Å². The van der Waals surface area contributed by atoms with Gasteiger partial charge in [-0.3, -0.25) is 0 Å². The summed E-state index contributed by atoms with van der Waals surface area (Å²) < 4.78 is 0. The van der Waals surface area contributed by atoms with E-state index in [1.807, 2.05) is 12.1 Å². The summed E-state index contributed by atoms with van der Waals surface area (Å²) in [6, 6.07) is 8.07. The highest BCUT2D eigenvalue weighted by Crippen LogP contribution is 2.23. The van der Waals surface area contributed by atoms with Gasteiger partial charge in [-0.2, -0.15) is 0 Å². The van der Waals surface area contributed by atoms with Gasteiger partial charge in [0.05, 0.1) is 12.2 Å². The van der Waals surface area contributed by atoms with Gasteiger partial charge in [-0.1, -0.05) is 6.92 Å². The second-order valence-electron chi connectivity index (χ2n) is 4.76. The monoisotopic (exact) mass is 275 g/mol. The van der Waals surface area contributed by atoms with Crippen LogP contribution in [-0.4, -0.2) is 11.5 Å². The lowest BCUT2D eigenvalue weighted by molar-refractivity contribution is 0.762. The molecule has 0 radical (unpaired) electrons. The van der Waals surface area contributed by atoms with E-state index in [9.17, 15) is 0 Å². The molecule has 0 atom stereocenters. The fraction of sp³-hybridized carbons (Fsp3) is 0.400. The van der Waals surface area contributed by atoms with Crippen LogP contribution < -0.4 is 10.6 Å². The maximum atomic E-state index is 5.75. The van der Waals surface area contributed by atoms with Gasteiger partial charge in [0, 0.05) is 22.8 Å². The standard InChI is InChI=1S/C15H21N3S/c1-4-9-18(14-7-5-13(16)6-8-14)10-15-17-11(2)12(3)19-15/h5-8H,4,9-10,16H2,1-3H3. The summed E-state index contributed by atoms with van der Waals surface area (Å²) in [7, 11) is 0. The molecule has 0 saturated carbocycles. The number of rotatable bonds is 5. The van der Waals surface area contributed by atoms with Gasteiger partial charge in [-0.25, -0.2) is 4.98 Å². The van der Waals surface area contributed by atoms with Crippen LogP contribution in [0.15, 0.2) is 24.3 Å². The van der Waals surface area contributed by atoms with Gasteiger partial charge in [0.25, 0.3) is 0 Å². The summed E-state index contributed by atoms with van der Waals surface area (Å²) in [6.45, 7) is 8.30. The Labute approximate surface area is 119 Å². The Kier molecular flexibility index (Phi) is 4.43. The zero-order chi connectivity index (χ0) is 13.8. The number of thiazole rings is 1. The molecule has 0 unspecified atom stereocenters. The number of aryl methyl sites for hydroxylation is 2. The molecule has 19 heavy (non-hydrogen) atoms. The molecule has 1 heterocycles.